The van der Waals surface area contributed by atoms with E-state index in [4.69, 9.17) is 11.6 Å². The minimum Gasteiger partial charge on any atom is -0.263 e. The van der Waals surface area contributed by atoms with E-state index >= 15 is 0 Å². The predicted molar refractivity (Wildman–Crippen MR) is 50.3 cm³/mol. The number of hydrogen-bond donors (Lipinski definition) is 0. The van der Waals surface area contributed by atoms with Gasteiger partial charge in [-0.25, -0.2) is 9.97 Å². The van der Waals surface area contributed by atoms with Crippen molar-refractivity contribution in [2.45, 2.75) is 0 Å². The van der Waals surface area contributed by atoms with E-state index in [1.165, 1.54) is 6.33 Å². The Morgan fingerprint density at radius 2 is 1.54 bits per heavy atom. The number of nitrogens with zero attached hydrogens (tertiary/aromatic N) is 3. The molecule has 0 spiro atoms. The number of aromatic nitrogens is 3. The highest BCUT2D eigenvalue weighted by molar-refractivity contribution is 6.30. The highest BCUT2D eigenvalue weighted by atomic mass is 35.5. The van der Waals surface area contributed by atoms with Gasteiger partial charge in [0.25, 0.3) is 0 Å². The van der Waals surface area contributed by atoms with Crippen LogP contribution in [0.15, 0.2) is 37.2 Å². The van der Waals surface area contributed by atoms with Crippen LogP contribution in [0.5, 0.6) is 0 Å². The average Bonchev–Trinajstić information content (AvgIpc) is 2.19. The van der Waals surface area contributed by atoms with Gasteiger partial charge in [0.2, 0.25) is 0 Å². The zero-order valence-electron chi connectivity index (χ0n) is 6.68. The van der Waals surface area contributed by atoms with Crippen LogP contribution in [0, 0.1) is 0 Å². The first kappa shape index (κ1) is 8.13. The van der Waals surface area contributed by atoms with Gasteiger partial charge in [0, 0.05) is 35.9 Å². The van der Waals surface area contributed by atoms with E-state index in [0.717, 1.165) is 11.1 Å². The highest BCUT2D eigenvalue weighted by Crippen LogP contribution is 2.18. The maximum atomic E-state index is 5.79. The molecular formula is C9H6ClN3. The maximum absolute atomic E-state index is 5.79. The number of halogens is 1. The Labute approximate surface area is 80.5 Å². The molecule has 13 heavy (non-hydrogen) atoms. The zero-order valence-corrected chi connectivity index (χ0v) is 7.44. The molecule has 2 aromatic heterocycles. The topological polar surface area (TPSA) is 38.7 Å². The summed E-state index contributed by atoms with van der Waals surface area (Å²) in [7, 11) is 0. The van der Waals surface area contributed by atoms with Crippen molar-refractivity contribution in [3.8, 4) is 11.1 Å². The molecule has 0 saturated carbocycles. The Hall–Kier alpha value is -1.48. The fraction of sp³-hybridized carbons (Fsp3) is 0. The molecule has 0 radical (unpaired) electrons. The van der Waals surface area contributed by atoms with Crippen LogP contribution in [0.25, 0.3) is 11.1 Å². The van der Waals surface area contributed by atoms with Gasteiger partial charge in [-0.15, -0.1) is 0 Å². The largest absolute Gasteiger partial charge is 0.263 e. The molecular weight excluding hydrogens is 186 g/mol. The summed E-state index contributed by atoms with van der Waals surface area (Å²) in [6.07, 6.45) is 8.25. The first-order valence-corrected chi connectivity index (χ1v) is 4.10. The Balaban J connectivity index is 2.48. The molecule has 3 nitrogen and oxygen atoms in total. The minimum absolute atomic E-state index is 0.612. The lowest BCUT2D eigenvalue weighted by Gasteiger charge is -1.98. The van der Waals surface area contributed by atoms with Crippen LogP contribution < -0.4 is 0 Å². The highest BCUT2D eigenvalue weighted by Gasteiger charge is 1.98. The quantitative estimate of drug-likeness (QED) is 0.694. The summed E-state index contributed by atoms with van der Waals surface area (Å²) in [5, 5.41) is 0.612. The molecule has 64 valence electrons. The van der Waals surface area contributed by atoms with Crippen LogP contribution >= 0.6 is 11.6 Å². The first-order valence-electron chi connectivity index (χ1n) is 3.72. The summed E-state index contributed by atoms with van der Waals surface area (Å²) in [6, 6.07) is 1.83. The van der Waals surface area contributed by atoms with Crippen molar-refractivity contribution >= 4 is 11.6 Å². The lowest BCUT2D eigenvalue weighted by Crippen LogP contribution is -1.82. The van der Waals surface area contributed by atoms with Gasteiger partial charge in [-0.3, -0.25) is 4.98 Å². The fourth-order valence-electron chi connectivity index (χ4n) is 1.02. The predicted octanol–water partition coefficient (Wildman–Crippen LogP) is 2.19. The third kappa shape index (κ3) is 1.81. The lowest BCUT2D eigenvalue weighted by atomic mass is 10.2. The van der Waals surface area contributed by atoms with Gasteiger partial charge in [-0.2, -0.15) is 0 Å². The van der Waals surface area contributed by atoms with Gasteiger partial charge in [-0.05, 0) is 6.07 Å². The molecule has 0 saturated heterocycles. The van der Waals surface area contributed by atoms with E-state index in [1.54, 1.807) is 24.8 Å². The van der Waals surface area contributed by atoms with Crippen LogP contribution in [0.4, 0.5) is 0 Å². The third-order valence-electron chi connectivity index (χ3n) is 1.60. The molecule has 0 bridgehead atoms. The van der Waals surface area contributed by atoms with Crippen molar-refractivity contribution in [3.63, 3.8) is 0 Å². The van der Waals surface area contributed by atoms with E-state index in [9.17, 15) is 0 Å². The Kier molecular flexibility index (Phi) is 2.19. The van der Waals surface area contributed by atoms with Crippen molar-refractivity contribution in [1.82, 2.24) is 15.0 Å². The van der Waals surface area contributed by atoms with E-state index in [1.807, 2.05) is 6.07 Å². The number of pyridine rings is 1. The molecule has 2 rings (SSSR count). The van der Waals surface area contributed by atoms with Gasteiger partial charge in [-0.1, -0.05) is 11.6 Å². The van der Waals surface area contributed by atoms with Gasteiger partial charge in [0.15, 0.2) is 0 Å². The molecule has 4 heteroatoms. The summed E-state index contributed by atoms with van der Waals surface area (Å²) in [4.78, 5) is 11.8. The van der Waals surface area contributed by atoms with Crippen LogP contribution in [0.1, 0.15) is 0 Å². The van der Waals surface area contributed by atoms with Crippen molar-refractivity contribution in [1.29, 1.82) is 0 Å². The third-order valence-corrected chi connectivity index (χ3v) is 1.81. The molecule has 0 N–H and O–H groups in total. The standard InChI is InChI=1S/C9H6ClN3/c10-9-1-7(2-11-5-9)8-3-12-6-13-4-8/h1-6H. The first-order chi connectivity index (χ1) is 6.36. The van der Waals surface area contributed by atoms with E-state index in [0.29, 0.717) is 5.02 Å². The second-order valence-electron chi connectivity index (χ2n) is 2.52. The van der Waals surface area contributed by atoms with Crippen molar-refractivity contribution in [3.05, 3.63) is 42.2 Å². The Morgan fingerprint density at radius 3 is 2.23 bits per heavy atom. The zero-order chi connectivity index (χ0) is 9.10. The van der Waals surface area contributed by atoms with Crippen LogP contribution in [-0.2, 0) is 0 Å². The summed E-state index contributed by atoms with van der Waals surface area (Å²) in [5.74, 6) is 0. The van der Waals surface area contributed by atoms with Gasteiger partial charge < -0.3 is 0 Å². The van der Waals surface area contributed by atoms with Gasteiger partial charge in [0.05, 0.1) is 5.02 Å². The van der Waals surface area contributed by atoms with Crippen molar-refractivity contribution in [2.24, 2.45) is 0 Å². The molecule has 0 fully saturated rings. The monoisotopic (exact) mass is 191 g/mol. The molecule has 0 aliphatic carbocycles. The molecule has 2 aromatic rings. The summed E-state index contributed by atoms with van der Waals surface area (Å²) in [5.41, 5.74) is 1.84. The average molecular weight is 192 g/mol. The second-order valence-corrected chi connectivity index (χ2v) is 2.96. The Morgan fingerprint density at radius 1 is 0.846 bits per heavy atom. The molecule has 0 aliphatic rings. The van der Waals surface area contributed by atoms with E-state index in [-0.39, 0.29) is 0 Å². The number of hydrogen-bond acceptors (Lipinski definition) is 3. The van der Waals surface area contributed by atoms with Crippen LogP contribution in [0.2, 0.25) is 5.02 Å². The fourth-order valence-corrected chi connectivity index (χ4v) is 1.19. The van der Waals surface area contributed by atoms with Crippen LogP contribution in [0.3, 0.4) is 0 Å². The molecule has 0 atom stereocenters. The SMILES string of the molecule is Clc1cncc(-c2cncnc2)c1. The maximum Gasteiger partial charge on any atom is 0.115 e. The number of rotatable bonds is 1. The summed E-state index contributed by atoms with van der Waals surface area (Å²) in [6.45, 7) is 0. The smallest absolute Gasteiger partial charge is 0.115 e. The second kappa shape index (κ2) is 3.49. The van der Waals surface area contributed by atoms with Crippen LogP contribution in [-0.4, -0.2) is 15.0 Å². The lowest BCUT2D eigenvalue weighted by molar-refractivity contribution is 1.17. The molecule has 2 heterocycles. The van der Waals surface area contributed by atoms with Crippen molar-refractivity contribution in [2.75, 3.05) is 0 Å². The normalized spacial score (nSPS) is 9.92. The molecule has 0 aromatic carbocycles. The molecule has 0 aliphatic heterocycles. The summed E-state index contributed by atoms with van der Waals surface area (Å²) < 4.78 is 0. The Bertz CT molecular complexity index is 403. The molecule has 0 unspecified atom stereocenters. The van der Waals surface area contributed by atoms with Gasteiger partial charge >= 0.3 is 0 Å². The van der Waals surface area contributed by atoms with E-state index in [2.05, 4.69) is 15.0 Å². The van der Waals surface area contributed by atoms with Gasteiger partial charge in [0.1, 0.15) is 6.33 Å². The summed E-state index contributed by atoms with van der Waals surface area (Å²) >= 11 is 5.79. The van der Waals surface area contributed by atoms with Crippen molar-refractivity contribution < 1.29 is 0 Å². The molecule has 0 amide bonds. The van der Waals surface area contributed by atoms with E-state index < -0.39 is 0 Å². The minimum atomic E-state index is 0.612.